The first kappa shape index (κ1) is 12.2. The monoisotopic (exact) mass is 218 g/mol. The van der Waals surface area contributed by atoms with Crippen LogP contribution in [0, 0.1) is 0 Å². The molecule has 0 bridgehead atoms. The molecular formula is C9H18N2O4. The Hall–Kier alpha value is -0.850. The van der Waals surface area contributed by atoms with Crippen molar-refractivity contribution in [2.45, 2.75) is 12.5 Å². The molecule has 6 nitrogen and oxygen atoms in total. The largest absolute Gasteiger partial charge is 0.393 e. The molecule has 0 aromatic rings. The number of morpholine rings is 1. The van der Waals surface area contributed by atoms with Crippen LogP contribution in [-0.4, -0.2) is 66.2 Å². The first-order valence-corrected chi connectivity index (χ1v) is 4.99. The molecule has 88 valence electrons. The summed E-state index contributed by atoms with van der Waals surface area (Å²) in [6, 6.07) is -0.230. The molecular weight excluding hydrogens is 200 g/mol. The van der Waals surface area contributed by atoms with E-state index in [1.165, 1.54) is 6.92 Å². The van der Waals surface area contributed by atoms with Gasteiger partial charge in [0.2, 0.25) is 0 Å². The Morgan fingerprint density at radius 2 is 2.13 bits per heavy atom. The lowest BCUT2D eigenvalue weighted by Crippen LogP contribution is -2.50. The van der Waals surface area contributed by atoms with Crippen molar-refractivity contribution >= 4 is 6.03 Å². The smallest absolute Gasteiger partial charge is 0.317 e. The lowest BCUT2D eigenvalue weighted by atomic mass is 10.1. The fourth-order valence-corrected chi connectivity index (χ4v) is 1.20. The molecule has 1 heterocycles. The molecule has 0 radical (unpaired) electrons. The summed E-state index contributed by atoms with van der Waals surface area (Å²) in [5.74, 6) is 0. The van der Waals surface area contributed by atoms with Crippen LogP contribution in [0.25, 0.3) is 0 Å². The number of amides is 2. The lowest BCUT2D eigenvalue weighted by molar-refractivity contribution is 0.00227. The normalized spacial score (nSPS) is 20.9. The highest BCUT2D eigenvalue weighted by molar-refractivity contribution is 5.74. The number of hydrogen-bond donors (Lipinski definition) is 3. The van der Waals surface area contributed by atoms with E-state index < -0.39 is 5.60 Å². The summed E-state index contributed by atoms with van der Waals surface area (Å²) in [5.41, 5.74) is -1.26. The maximum absolute atomic E-state index is 11.5. The maximum Gasteiger partial charge on any atom is 0.317 e. The summed E-state index contributed by atoms with van der Waals surface area (Å²) in [6.07, 6.45) is 0. The van der Waals surface area contributed by atoms with E-state index >= 15 is 0 Å². The van der Waals surface area contributed by atoms with Crippen molar-refractivity contribution < 1.29 is 19.7 Å². The van der Waals surface area contributed by atoms with Crippen LogP contribution >= 0.6 is 0 Å². The molecule has 6 heteroatoms. The Morgan fingerprint density at radius 1 is 1.53 bits per heavy atom. The topological polar surface area (TPSA) is 82.0 Å². The van der Waals surface area contributed by atoms with Crippen LogP contribution in [0.5, 0.6) is 0 Å². The average molecular weight is 218 g/mol. The van der Waals surface area contributed by atoms with Gasteiger partial charge in [-0.25, -0.2) is 4.79 Å². The van der Waals surface area contributed by atoms with E-state index in [1.807, 2.05) is 0 Å². The molecule has 1 rings (SSSR count). The predicted octanol–water partition coefficient (Wildman–Crippen LogP) is -1.23. The minimum Gasteiger partial charge on any atom is -0.393 e. The van der Waals surface area contributed by atoms with Gasteiger partial charge in [0.15, 0.2) is 0 Å². The van der Waals surface area contributed by atoms with Gasteiger partial charge >= 0.3 is 6.03 Å². The average Bonchev–Trinajstić information content (AvgIpc) is 2.27. The number of nitrogens with zero attached hydrogens (tertiary/aromatic N) is 1. The zero-order chi connectivity index (χ0) is 11.3. The van der Waals surface area contributed by atoms with E-state index in [2.05, 4.69) is 5.32 Å². The second-order valence-electron chi connectivity index (χ2n) is 3.91. The van der Waals surface area contributed by atoms with Gasteiger partial charge in [-0.05, 0) is 6.92 Å². The Morgan fingerprint density at radius 3 is 2.67 bits per heavy atom. The molecule has 0 spiro atoms. The quantitative estimate of drug-likeness (QED) is 0.554. The number of urea groups is 1. The van der Waals surface area contributed by atoms with E-state index in [-0.39, 0.29) is 19.2 Å². The summed E-state index contributed by atoms with van der Waals surface area (Å²) in [6.45, 7) is 3.34. The number of rotatable bonds is 3. The van der Waals surface area contributed by atoms with Crippen LogP contribution in [0.3, 0.4) is 0 Å². The molecule has 0 aliphatic carbocycles. The van der Waals surface area contributed by atoms with E-state index in [1.54, 1.807) is 4.90 Å². The van der Waals surface area contributed by atoms with Crippen LogP contribution in [0.15, 0.2) is 0 Å². The van der Waals surface area contributed by atoms with Gasteiger partial charge in [0, 0.05) is 13.1 Å². The second kappa shape index (κ2) is 5.29. The standard InChI is InChI=1S/C9H18N2O4/c1-9(14,7-12)6-10-8(13)11-2-4-15-5-3-11/h12,14H,2-7H2,1H3,(H,10,13). The number of hydrogen-bond acceptors (Lipinski definition) is 4. The number of aliphatic hydroxyl groups excluding tert-OH is 1. The molecule has 15 heavy (non-hydrogen) atoms. The van der Waals surface area contributed by atoms with Crippen LogP contribution in [0.4, 0.5) is 4.79 Å². The minimum atomic E-state index is -1.26. The van der Waals surface area contributed by atoms with Crippen molar-refractivity contribution in [3.63, 3.8) is 0 Å². The SMILES string of the molecule is CC(O)(CO)CNC(=O)N1CCOCC1. The van der Waals surface area contributed by atoms with Gasteiger partial charge in [0.05, 0.1) is 26.4 Å². The highest BCUT2D eigenvalue weighted by atomic mass is 16.5. The van der Waals surface area contributed by atoms with Crippen molar-refractivity contribution in [2.75, 3.05) is 39.5 Å². The molecule has 1 atom stereocenters. The van der Waals surface area contributed by atoms with Gasteiger partial charge in [0.1, 0.15) is 5.60 Å². The van der Waals surface area contributed by atoms with Crippen molar-refractivity contribution in [1.29, 1.82) is 0 Å². The zero-order valence-electron chi connectivity index (χ0n) is 8.90. The van der Waals surface area contributed by atoms with Gasteiger partial charge in [-0.1, -0.05) is 0 Å². The Bertz CT molecular complexity index is 214. The molecule has 0 aromatic carbocycles. The van der Waals surface area contributed by atoms with Crippen molar-refractivity contribution in [1.82, 2.24) is 10.2 Å². The minimum absolute atomic E-state index is 0.0414. The molecule has 1 aliphatic heterocycles. The summed E-state index contributed by atoms with van der Waals surface area (Å²) >= 11 is 0. The number of aliphatic hydroxyl groups is 2. The molecule has 3 N–H and O–H groups in total. The van der Waals surface area contributed by atoms with E-state index in [0.29, 0.717) is 26.3 Å². The van der Waals surface area contributed by atoms with Crippen LogP contribution in [-0.2, 0) is 4.74 Å². The number of nitrogens with one attached hydrogen (secondary N) is 1. The van der Waals surface area contributed by atoms with Gasteiger partial charge < -0.3 is 25.2 Å². The van der Waals surface area contributed by atoms with Crippen LogP contribution < -0.4 is 5.32 Å². The highest BCUT2D eigenvalue weighted by Crippen LogP contribution is 2.01. The van der Waals surface area contributed by atoms with Crippen molar-refractivity contribution in [3.05, 3.63) is 0 Å². The third-order valence-electron chi connectivity index (χ3n) is 2.26. The Balaban J connectivity index is 2.28. The predicted molar refractivity (Wildman–Crippen MR) is 53.5 cm³/mol. The van der Waals surface area contributed by atoms with E-state index in [9.17, 15) is 9.90 Å². The fraction of sp³-hybridized carbons (Fsp3) is 0.889. The fourth-order valence-electron chi connectivity index (χ4n) is 1.20. The molecule has 1 saturated heterocycles. The summed E-state index contributed by atoms with van der Waals surface area (Å²) < 4.78 is 5.11. The number of carbonyl (C=O) groups excluding carboxylic acids is 1. The third-order valence-corrected chi connectivity index (χ3v) is 2.26. The van der Waals surface area contributed by atoms with E-state index in [4.69, 9.17) is 9.84 Å². The van der Waals surface area contributed by atoms with E-state index in [0.717, 1.165) is 0 Å². The molecule has 1 fully saturated rings. The van der Waals surface area contributed by atoms with Crippen molar-refractivity contribution in [3.8, 4) is 0 Å². The molecule has 0 aromatic heterocycles. The van der Waals surface area contributed by atoms with Crippen LogP contribution in [0.1, 0.15) is 6.92 Å². The summed E-state index contributed by atoms with van der Waals surface area (Å²) in [7, 11) is 0. The van der Waals surface area contributed by atoms with Gasteiger partial charge in [-0.2, -0.15) is 0 Å². The molecule has 2 amide bonds. The Kier molecular flexibility index (Phi) is 4.31. The first-order chi connectivity index (χ1) is 7.05. The highest BCUT2D eigenvalue weighted by Gasteiger charge is 2.22. The summed E-state index contributed by atoms with van der Waals surface area (Å²) in [4.78, 5) is 13.1. The molecule has 0 saturated carbocycles. The van der Waals surface area contributed by atoms with Crippen molar-refractivity contribution in [2.24, 2.45) is 0 Å². The van der Waals surface area contributed by atoms with Gasteiger partial charge in [-0.15, -0.1) is 0 Å². The Labute approximate surface area is 88.8 Å². The third kappa shape index (κ3) is 4.03. The first-order valence-electron chi connectivity index (χ1n) is 4.99. The number of carbonyl (C=O) groups is 1. The maximum atomic E-state index is 11.5. The number of ether oxygens (including phenoxy) is 1. The molecule has 1 aliphatic rings. The molecule has 1 unspecified atom stereocenters. The zero-order valence-corrected chi connectivity index (χ0v) is 8.90. The van der Waals surface area contributed by atoms with Gasteiger partial charge in [-0.3, -0.25) is 0 Å². The lowest BCUT2D eigenvalue weighted by Gasteiger charge is -2.28. The van der Waals surface area contributed by atoms with Crippen LogP contribution in [0.2, 0.25) is 0 Å². The second-order valence-corrected chi connectivity index (χ2v) is 3.91. The summed E-state index contributed by atoms with van der Waals surface area (Å²) in [5, 5.41) is 20.8. The van der Waals surface area contributed by atoms with Gasteiger partial charge in [0.25, 0.3) is 0 Å².